The first-order chi connectivity index (χ1) is 12.0. The van der Waals surface area contributed by atoms with Crippen molar-refractivity contribution >= 4 is 22.1 Å². The number of rotatable bonds is 11. The van der Waals surface area contributed by atoms with E-state index in [4.69, 9.17) is 14.4 Å². The minimum Gasteiger partial charge on any atom is -0.477 e. The third kappa shape index (κ3) is 22.5. The van der Waals surface area contributed by atoms with Crippen molar-refractivity contribution in [3.63, 3.8) is 0 Å². The van der Waals surface area contributed by atoms with Crippen molar-refractivity contribution in [2.45, 2.75) is 19.8 Å². The van der Waals surface area contributed by atoms with Crippen LogP contribution < -0.4 is 0 Å². The van der Waals surface area contributed by atoms with E-state index in [2.05, 4.69) is 6.58 Å². The molecule has 0 rings (SSSR count). The number of likely N-dealkylation sites (N-methyl/N-ethyl adjacent to an activating group) is 2. The number of hydrogen-bond donors (Lipinski definition) is 2. The highest BCUT2D eigenvalue weighted by atomic mass is 32.2. The Labute approximate surface area is 163 Å². The van der Waals surface area contributed by atoms with Gasteiger partial charge in [-0.3, -0.25) is 4.55 Å². The molecule has 27 heavy (non-hydrogen) atoms. The largest absolute Gasteiger partial charge is 0.477 e. The Morgan fingerprint density at radius 2 is 1.56 bits per heavy atom. The van der Waals surface area contributed by atoms with Crippen molar-refractivity contribution in [2.24, 2.45) is 0 Å². The van der Waals surface area contributed by atoms with E-state index in [-0.39, 0.29) is 12.3 Å². The summed E-state index contributed by atoms with van der Waals surface area (Å²) in [6, 6.07) is 0. The van der Waals surface area contributed by atoms with Crippen LogP contribution in [0, 0.1) is 0 Å². The molecule has 0 fully saturated rings. The van der Waals surface area contributed by atoms with E-state index in [0.717, 1.165) is 6.54 Å². The third-order valence-corrected chi connectivity index (χ3v) is 4.11. The molecule has 0 amide bonds. The van der Waals surface area contributed by atoms with Gasteiger partial charge in [-0.25, -0.2) is 9.59 Å². The summed E-state index contributed by atoms with van der Waals surface area (Å²) in [5.41, 5.74) is 0.374. The Morgan fingerprint density at radius 1 is 1.04 bits per heavy atom. The van der Waals surface area contributed by atoms with Gasteiger partial charge in [-0.1, -0.05) is 6.58 Å². The minimum absolute atomic E-state index is 0.181. The van der Waals surface area contributed by atoms with E-state index in [1.807, 2.05) is 35.2 Å². The van der Waals surface area contributed by atoms with Gasteiger partial charge in [-0.2, -0.15) is 8.42 Å². The molecule has 0 atom stereocenters. The van der Waals surface area contributed by atoms with E-state index in [1.165, 1.54) is 0 Å². The minimum atomic E-state index is -3.87. The Balaban J connectivity index is 0. The van der Waals surface area contributed by atoms with Crippen molar-refractivity contribution < 1.29 is 41.4 Å². The molecule has 10 heteroatoms. The quantitative estimate of drug-likeness (QED) is 0.168. The van der Waals surface area contributed by atoms with Gasteiger partial charge in [0.25, 0.3) is 10.1 Å². The molecule has 9 nitrogen and oxygen atoms in total. The highest BCUT2D eigenvalue weighted by molar-refractivity contribution is 7.85. The molecular formula is C17H36N2O7S+2. The van der Waals surface area contributed by atoms with Crippen LogP contribution in [-0.4, -0.2) is 106 Å². The fourth-order valence-corrected chi connectivity index (χ4v) is 2.42. The Kier molecular flexibility index (Phi) is 12.4. The van der Waals surface area contributed by atoms with Gasteiger partial charge in [0.05, 0.1) is 47.5 Å². The van der Waals surface area contributed by atoms with E-state index >= 15 is 0 Å². The summed E-state index contributed by atoms with van der Waals surface area (Å²) in [5.74, 6) is -1.36. The molecule has 0 aliphatic heterocycles. The maximum absolute atomic E-state index is 11.2. The second-order valence-electron chi connectivity index (χ2n) is 8.13. The first kappa shape index (κ1) is 27.7. The van der Waals surface area contributed by atoms with Gasteiger partial charge in [-0.05, 0) is 19.8 Å². The third-order valence-electron chi connectivity index (χ3n) is 3.30. The maximum Gasteiger partial charge on any atom is 0.359 e. The van der Waals surface area contributed by atoms with Crippen molar-refractivity contribution in [3.05, 3.63) is 12.2 Å². The number of carboxylic acids is 1. The summed E-state index contributed by atoms with van der Waals surface area (Å²) < 4.78 is 35.8. The second-order valence-corrected chi connectivity index (χ2v) is 9.71. The molecule has 160 valence electrons. The number of unbranched alkanes of at least 4 members (excludes halogenated alkanes) is 1. The highest BCUT2D eigenvalue weighted by Crippen LogP contribution is 2.04. The molecule has 0 radical (unpaired) electrons. The fourth-order valence-electron chi connectivity index (χ4n) is 1.85. The molecule has 2 N–H and O–H groups in total. The molecule has 0 saturated heterocycles. The zero-order chi connectivity index (χ0) is 21.9. The van der Waals surface area contributed by atoms with Crippen LogP contribution in [0.1, 0.15) is 19.8 Å². The average molecular weight is 413 g/mol. The summed E-state index contributed by atoms with van der Waals surface area (Å²) in [7, 11) is 5.61. The Hall–Kier alpha value is -1.49. The standard InChI is InChI=1S/C12H23NO5S.C5H11NO2/c1-11(2)12(14)18-9-8-13(3,4)7-5-6-10-19(15,16)17;1-6(2,3)4-5(7)8/h1,5-10H2,2-4H3;4H2,1-3H3/p+2. The summed E-state index contributed by atoms with van der Waals surface area (Å²) in [4.78, 5) is 21.2. The molecule has 0 aliphatic rings. The van der Waals surface area contributed by atoms with Gasteiger partial charge in [0.2, 0.25) is 0 Å². The topological polar surface area (TPSA) is 118 Å². The number of carbonyl (C=O) groups excluding carboxylic acids is 1. The molecule has 0 aromatic rings. The van der Waals surface area contributed by atoms with Gasteiger partial charge in [0.15, 0.2) is 6.54 Å². The smallest absolute Gasteiger partial charge is 0.359 e. The average Bonchev–Trinajstić information content (AvgIpc) is 2.40. The van der Waals surface area contributed by atoms with Gasteiger partial charge >= 0.3 is 11.9 Å². The van der Waals surface area contributed by atoms with Crippen LogP contribution in [0.5, 0.6) is 0 Å². The normalized spacial score (nSPS) is 12.0. The van der Waals surface area contributed by atoms with Crippen LogP contribution in [-0.2, 0) is 24.4 Å². The van der Waals surface area contributed by atoms with Crippen LogP contribution in [0.4, 0.5) is 0 Å². The lowest BCUT2D eigenvalue weighted by molar-refractivity contribution is -0.890. The number of quaternary nitrogens is 2. The Bertz CT molecular complexity index is 593. The SMILES string of the molecule is C=C(C)C(=O)OCC[N+](C)(C)CCCCS(=O)(=O)O.C[N+](C)(C)CC(=O)O. The van der Waals surface area contributed by atoms with E-state index in [0.29, 0.717) is 40.5 Å². The number of carboxylic acid groups (broad SMARTS) is 1. The van der Waals surface area contributed by atoms with E-state index in [1.54, 1.807) is 6.92 Å². The summed E-state index contributed by atoms with van der Waals surface area (Å²) in [6.45, 7) is 6.97. The van der Waals surface area contributed by atoms with E-state index < -0.39 is 22.1 Å². The molecule has 0 aromatic carbocycles. The van der Waals surface area contributed by atoms with Gasteiger partial charge < -0.3 is 18.8 Å². The number of esters is 1. The molecular weight excluding hydrogens is 376 g/mol. The number of nitrogens with zero attached hydrogens (tertiary/aromatic N) is 2. The first-order valence-corrected chi connectivity index (χ1v) is 10.2. The van der Waals surface area contributed by atoms with Crippen molar-refractivity contribution in [1.29, 1.82) is 0 Å². The number of aliphatic carboxylic acids is 1. The number of ether oxygens (including phenoxy) is 1. The molecule has 0 unspecified atom stereocenters. The summed E-state index contributed by atoms with van der Waals surface area (Å²) in [5, 5.41) is 8.23. The summed E-state index contributed by atoms with van der Waals surface area (Å²) >= 11 is 0. The van der Waals surface area contributed by atoms with Crippen LogP contribution in [0.3, 0.4) is 0 Å². The fraction of sp³-hybridized carbons (Fsp3) is 0.765. The lowest BCUT2D eigenvalue weighted by Crippen LogP contribution is -2.43. The van der Waals surface area contributed by atoms with Gasteiger partial charge in [-0.15, -0.1) is 0 Å². The number of hydrogen-bond acceptors (Lipinski definition) is 5. The van der Waals surface area contributed by atoms with Crippen molar-refractivity contribution in [3.8, 4) is 0 Å². The predicted molar refractivity (Wildman–Crippen MR) is 104 cm³/mol. The predicted octanol–water partition coefficient (Wildman–Crippen LogP) is 0.627. The highest BCUT2D eigenvalue weighted by Gasteiger charge is 2.16. The maximum atomic E-state index is 11.2. The number of carbonyl (C=O) groups is 2. The molecule has 0 aromatic heterocycles. The first-order valence-electron chi connectivity index (χ1n) is 8.57. The molecule has 0 spiro atoms. The summed E-state index contributed by atoms with van der Waals surface area (Å²) in [6.07, 6.45) is 1.10. The van der Waals surface area contributed by atoms with Crippen molar-refractivity contribution in [1.82, 2.24) is 0 Å². The molecule has 0 aliphatic carbocycles. The van der Waals surface area contributed by atoms with Crippen LogP contribution >= 0.6 is 0 Å². The van der Waals surface area contributed by atoms with E-state index in [9.17, 15) is 18.0 Å². The zero-order valence-electron chi connectivity index (χ0n) is 17.4. The second kappa shape index (κ2) is 12.1. The monoisotopic (exact) mass is 412 g/mol. The van der Waals surface area contributed by atoms with Crippen LogP contribution in [0.2, 0.25) is 0 Å². The molecule has 0 bridgehead atoms. The van der Waals surface area contributed by atoms with Gasteiger partial charge in [0.1, 0.15) is 13.2 Å². The lowest BCUT2D eigenvalue weighted by Gasteiger charge is -2.29. The van der Waals surface area contributed by atoms with Crippen LogP contribution in [0.25, 0.3) is 0 Å². The van der Waals surface area contributed by atoms with Crippen LogP contribution in [0.15, 0.2) is 12.2 Å². The lowest BCUT2D eigenvalue weighted by atomic mass is 10.3. The molecule has 0 heterocycles. The zero-order valence-corrected chi connectivity index (χ0v) is 18.2. The Morgan fingerprint density at radius 3 is 1.89 bits per heavy atom. The van der Waals surface area contributed by atoms with Gasteiger partial charge in [0, 0.05) is 5.57 Å². The van der Waals surface area contributed by atoms with Crippen molar-refractivity contribution in [2.75, 3.05) is 67.2 Å². The molecule has 0 saturated carbocycles.